The maximum atomic E-state index is 6.02. The van der Waals surface area contributed by atoms with Gasteiger partial charge in [0.25, 0.3) is 0 Å². The summed E-state index contributed by atoms with van der Waals surface area (Å²) in [5.41, 5.74) is 6.90. The van der Waals surface area contributed by atoms with E-state index in [-0.39, 0.29) is 0 Å². The summed E-state index contributed by atoms with van der Waals surface area (Å²) < 4.78 is 0. The first-order valence-corrected chi connectivity index (χ1v) is 6.15. The quantitative estimate of drug-likeness (QED) is 0.381. The van der Waals surface area contributed by atoms with E-state index in [1.54, 1.807) is 0 Å². The molecule has 4 rings (SSSR count). The van der Waals surface area contributed by atoms with Crippen molar-refractivity contribution in [3.63, 3.8) is 0 Å². The number of aromatic nitrogens is 2. The van der Waals surface area contributed by atoms with Crippen molar-refractivity contribution in [1.82, 2.24) is 9.97 Å². The zero-order valence-electron chi connectivity index (χ0n) is 10.2. The summed E-state index contributed by atoms with van der Waals surface area (Å²) in [6, 6.07) is 16.7. The van der Waals surface area contributed by atoms with Gasteiger partial charge in [-0.2, -0.15) is 0 Å². The van der Waals surface area contributed by atoms with Crippen LogP contribution in [0.3, 0.4) is 0 Å². The Morgan fingerprint density at radius 3 is 2.42 bits per heavy atom. The van der Waals surface area contributed by atoms with Crippen molar-refractivity contribution in [3.8, 4) is 0 Å². The Labute approximate surface area is 109 Å². The minimum absolute atomic E-state index is 0.533. The zero-order chi connectivity index (χ0) is 12.8. The Hall–Kier alpha value is -2.68. The fraction of sp³-hybridized carbons (Fsp3) is 0. The van der Waals surface area contributed by atoms with Gasteiger partial charge in [0.15, 0.2) is 0 Å². The summed E-state index contributed by atoms with van der Waals surface area (Å²) in [6.45, 7) is 0. The first-order valence-electron chi connectivity index (χ1n) is 6.15. The highest BCUT2D eigenvalue weighted by Gasteiger charge is 2.06. The van der Waals surface area contributed by atoms with Crippen LogP contribution in [-0.2, 0) is 0 Å². The molecule has 0 unspecified atom stereocenters. The van der Waals surface area contributed by atoms with E-state index < -0.39 is 0 Å². The molecule has 0 bridgehead atoms. The fourth-order valence-corrected chi connectivity index (χ4v) is 2.60. The molecule has 0 spiro atoms. The van der Waals surface area contributed by atoms with Crippen LogP contribution >= 0.6 is 0 Å². The van der Waals surface area contributed by atoms with E-state index in [1.165, 1.54) is 17.1 Å². The molecule has 1 heterocycles. The van der Waals surface area contributed by atoms with Gasteiger partial charge >= 0.3 is 0 Å². The van der Waals surface area contributed by atoms with Gasteiger partial charge in [-0.1, -0.05) is 30.3 Å². The first-order chi connectivity index (χ1) is 9.33. The molecule has 0 radical (unpaired) electrons. The number of hydrogen-bond acceptors (Lipinski definition) is 3. The van der Waals surface area contributed by atoms with E-state index >= 15 is 0 Å². The molecule has 0 saturated carbocycles. The highest BCUT2D eigenvalue weighted by molar-refractivity contribution is 6.14. The minimum atomic E-state index is 0.533. The lowest BCUT2D eigenvalue weighted by Gasteiger charge is -2.07. The number of rotatable bonds is 0. The Kier molecular flexibility index (Phi) is 1.97. The molecule has 90 valence electrons. The van der Waals surface area contributed by atoms with Gasteiger partial charge in [0.05, 0.1) is 10.9 Å². The lowest BCUT2D eigenvalue weighted by Crippen LogP contribution is -1.93. The van der Waals surface area contributed by atoms with Crippen molar-refractivity contribution in [3.05, 3.63) is 54.9 Å². The van der Waals surface area contributed by atoms with Crippen LogP contribution in [0.2, 0.25) is 0 Å². The number of anilines is 1. The van der Waals surface area contributed by atoms with E-state index in [0.717, 1.165) is 21.7 Å². The van der Waals surface area contributed by atoms with Gasteiger partial charge in [-0.05, 0) is 39.7 Å². The molecule has 3 nitrogen and oxygen atoms in total. The molecule has 0 aliphatic heterocycles. The van der Waals surface area contributed by atoms with Crippen LogP contribution in [0.5, 0.6) is 0 Å². The number of fused-ring (bicyclic) bond motifs is 4. The van der Waals surface area contributed by atoms with Gasteiger partial charge in [0, 0.05) is 0 Å². The summed E-state index contributed by atoms with van der Waals surface area (Å²) >= 11 is 0. The second-order valence-electron chi connectivity index (χ2n) is 4.64. The highest BCUT2D eigenvalue weighted by atomic mass is 14.9. The molecule has 0 atom stereocenters. The van der Waals surface area contributed by atoms with Crippen molar-refractivity contribution in [1.29, 1.82) is 0 Å². The van der Waals surface area contributed by atoms with Crippen LogP contribution in [0.1, 0.15) is 0 Å². The molecule has 19 heavy (non-hydrogen) atoms. The van der Waals surface area contributed by atoms with Gasteiger partial charge in [-0.25, -0.2) is 9.97 Å². The molecule has 0 aliphatic carbocycles. The summed E-state index contributed by atoms with van der Waals surface area (Å²) in [4.78, 5) is 8.39. The normalized spacial score (nSPS) is 11.4. The average molecular weight is 245 g/mol. The maximum absolute atomic E-state index is 6.02. The topological polar surface area (TPSA) is 51.8 Å². The van der Waals surface area contributed by atoms with E-state index in [9.17, 15) is 0 Å². The monoisotopic (exact) mass is 245 g/mol. The second-order valence-corrected chi connectivity index (χ2v) is 4.64. The Bertz CT molecular complexity index is 929. The van der Waals surface area contributed by atoms with Crippen molar-refractivity contribution < 1.29 is 0 Å². The van der Waals surface area contributed by atoms with Gasteiger partial charge < -0.3 is 5.73 Å². The third-order valence-electron chi connectivity index (χ3n) is 3.51. The van der Waals surface area contributed by atoms with Crippen molar-refractivity contribution in [2.45, 2.75) is 0 Å². The molecule has 3 heteroatoms. The van der Waals surface area contributed by atoms with Crippen molar-refractivity contribution in [2.75, 3.05) is 5.73 Å². The van der Waals surface area contributed by atoms with Crippen LogP contribution in [0.4, 0.5) is 5.82 Å². The molecule has 0 amide bonds. The third-order valence-corrected chi connectivity index (χ3v) is 3.51. The molecule has 2 N–H and O–H groups in total. The number of nitrogens with two attached hydrogens (primary N) is 1. The van der Waals surface area contributed by atoms with E-state index in [4.69, 9.17) is 5.73 Å². The van der Waals surface area contributed by atoms with Gasteiger partial charge in [-0.15, -0.1) is 0 Å². The minimum Gasteiger partial charge on any atom is -0.383 e. The van der Waals surface area contributed by atoms with Gasteiger partial charge in [-0.3, -0.25) is 0 Å². The molecule has 0 saturated heterocycles. The predicted molar refractivity (Wildman–Crippen MR) is 79.0 cm³/mol. The predicted octanol–water partition coefficient (Wildman–Crippen LogP) is 3.52. The number of nitrogens with zero attached hydrogens (tertiary/aromatic N) is 2. The highest BCUT2D eigenvalue weighted by Crippen LogP contribution is 2.30. The lowest BCUT2D eigenvalue weighted by atomic mass is 10.0. The average Bonchev–Trinajstić information content (AvgIpc) is 2.45. The van der Waals surface area contributed by atoms with E-state index in [1.807, 2.05) is 18.2 Å². The van der Waals surface area contributed by atoms with Crippen molar-refractivity contribution >= 4 is 38.3 Å². The molecule has 3 aromatic carbocycles. The number of hydrogen-bond donors (Lipinski definition) is 1. The standard InChI is InChI=1S/C16H11N3/c17-16-15-13-8-11-4-2-1-3-10(11)7-12(13)5-6-14(15)18-9-19-16/h1-9H,(H2,17,18,19). The molecular weight excluding hydrogens is 234 g/mol. The summed E-state index contributed by atoms with van der Waals surface area (Å²) in [5, 5.41) is 5.63. The summed E-state index contributed by atoms with van der Waals surface area (Å²) in [6.07, 6.45) is 1.50. The van der Waals surface area contributed by atoms with Crippen LogP contribution in [0.25, 0.3) is 32.4 Å². The Balaban J connectivity index is 2.29. The summed E-state index contributed by atoms with van der Waals surface area (Å²) in [7, 11) is 0. The van der Waals surface area contributed by atoms with E-state index in [2.05, 4.69) is 40.3 Å². The molecule has 1 aromatic heterocycles. The second kappa shape index (κ2) is 3.65. The van der Waals surface area contributed by atoms with Crippen LogP contribution in [-0.4, -0.2) is 9.97 Å². The summed E-state index contributed by atoms with van der Waals surface area (Å²) in [5.74, 6) is 0.533. The maximum Gasteiger partial charge on any atom is 0.135 e. The van der Waals surface area contributed by atoms with E-state index in [0.29, 0.717) is 5.82 Å². The van der Waals surface area contributed by atoms with Crippen molar-refractivity contribution in [2.24, 2.45) is 0 Å². The molecule has 0 aliphatic rings. The largest absolute Gasteiger partial charge is 0.383 e. The number of nitrogen functional groups attached to an aromatic ring is 1. The molecular formula is C16H11N3. The van der Waals surface area contributed by atoms with Crippen LogP contribution in [0, 0.1) is 0 Å². The Morgan fingerprint density at radius 2 is 1.58 bits per heavy atom. The van der Waals surface area contributed by atoms with Gasteiger partial charge in [0.1, 0.15) is 12.1 Å². The van der Waals surface area contributed by atoms with Gasteiger partial charge in [0.2, 0.25) is 0 Å². The number of benzene rings is 3. The lowest BCUT2D eigenvalue weighted by molar-refractivity contribution is 1.23. The third kappa shape index (κ3) is 1.45. The zero-order valence-corrected chi connectivity index (χ0v) is 10.2. The Morgan fingerprint density at radius 1 is 0.789 bits per heavy atom. The fourth-order valence-electron chi connectivity index (χ4n) is 2.60. The van der Waals surface area contributed by atoms with Crippen LogP contribution in [0.15, 0.2) is 54.9 Å². The molecule has 0 fully saturated rings. The smallest absolute Gasteiger partial charge is 0.135 e. The SMILES string of the molecule is Nc1ncnc2ccc3cc4ccccc4cc3c12. The van der Waals surface area contributed by atoms with Crippen LogP contribution < -0.4 is 5.73 Å². The first kappa shape index (κ1) is 10.3. The molecule has 4 aromatic rings.